The van der Waals surface area contributed by atoms with Gasteiger partial charge in [0.05, 0.1) is 5.56 Å². The van der Waals surface area contributed by atoms with E-state index in [2.05, 4.69) is 15.4 Å². The maximum atomic E-state index is 13.1. The Bertz CT molecular complexity index is 1130. The fraction of sp³-hybridized carbons (Fsp3) is 0.520. The van der Waals surface area contributed by atoms with Gasteiger partial charge in [-0.05, 0) is 56.4 Å². The molecule has 11 heteroatoms. The summed E-state index contributed by atoms with van der Waals surface area (Å²) >= 11 is 0. The van der Waals surface area contributed by atoms with E-state index in [4.69, 9.17) is 10.2 Å². The summed E-state index contributed by atoms with van der Waals surface area (Å²) in [6.07, 6.45) is 1.45. The van der Waals surface area contributed by atoms with E-state index in [-0.39, 0.29) is 41.2 Å². The summed E-state index contributed by atoms with van der Waals surface area (Å²) in [6.45, 7) is 9.32. The van der Waals surface area contributed by atoms with E-state index in [1.165, 1.54) is 37.3 Å². The van der Waals surface area contributed by atoms with Crippen molar-refractivity contribution in [2.24, 2.45) is 17.6 Å². The highest BCUT2D eigenvalue weighted by molar-refractivity contribution is 7.89. The van der Waals surface area contributed by atoms with Crippen molar-refractivity contribution >= 4 is 27.5 Å². The highest BCUT2D eigenvalue weighted by atomic mass is 32.2. The van der Waals surface area contributed by atoms with Crippen LogP contribution in [0.15, 0.2) is 39.8 Å². The van der Waals surface area contributed by atoms with Crippen LogP contribution in [0.1, 0.15) is 63.1 Å². The van der Waals surface area contributed by atoms with Crippen molar-refractivity contribution < 1.29 is 26.8 Å². The molecular weight excluding hydrogens is 487 g/mol. The van der Waals surface area contributed by atoms with Gasteiger partial charge in [-0.15, -0.1) is 0 Å². The third kappa shape index (κ3) is 8.42. The zero-order valence-electron chi connectivity index (χ0n) is 21.4. The number of amides is 2. The molecule has 1 aromatic carbocycles. The Morgan fingerprint density at radius 2 is 1.75 bits per heavy atom. The second-order valence-electron chi connectivity index (χ2n) is 9.44. The van der Waals surface area contributed by atoms with Crippen LogP contribution in [-0.4, -0.2) is 38.9 Å². The zero-order chi connectivity index (χ0) is 27.0. The molecule has 0 unspecified atom stereocenters. The number of nitrogens with two attached hydrogens (primary N) is 1. The van der Waals surface area contributed by atoms with E-state index in [0.29, 0.717) is 18.5 Å². The number of halogens is 1. The van der Waals surface area contributed by atoms with Crippen LogP contribution in [0.3, 0.4) is 0 Å². The number of sulfonamides is 1. The predicted molar refractivity (Wildman–Crippen MR) is 136 cm³/mol. The van der Waals surface area contributed by atoms with Gasteiger partial charge in [0.1, 0.15) is 11.6 Å². The van der Waals surface area contributed by atoms with Gasteiger partial charge in [-0.1, -0.05) is 27.7 Å². The third-order valence-corrected chi connectivity index (χ3v) is 7.01. The van der Waals surface area contributed by atoms with Gasteiger partial charge in [0.15, 0.2) is 0 Å². The Morgan fingerprint density at radius 3 is 2.33 bits per heavy atom. The van der Waals surface area contributed by atoms with Gasteiger partial charge < -0.3 is 20.8 Å². The summed E-state index contributed by atoms with van der Waals surface area (Å²) in [5, 5.41) is 5.31. The normalized spacial score (nSPS) is 14.3. The van der Waals surface area contributed by atoms with Crippen molar-refractivity contribution in [2.45, 2.75) is 71.1 Å². The molecule has 2 aromatic rings. The number of nitrogens with one attached hydrogen (secondary N) is 3. The molecular formula is C25H37FN4O5S. The standard InChI is InChI=1S/C25H37FN4O5S/c1-6-11-28-36(33,34)23-14-20(17(5)35-23)25(32)30-22(12-15(2)3)21(27)13-16(4)24(31)29-19-9-7-18(26)8-10-19/h7-10,14-16,21-22,28H,6,11-13,27H2,1-5H3,(H,29,31)(H,30,32)/t16-,21+,22+/m1/s1. The number of carbonyl (C=O) groups is 2. The summed E-state index contributed by atoms with van der Waals surface area (Å²) in [5.41, 5.74) is 7.02. The van der Waals surface area contributed by atoms with E-state index in [1.807, 2.05) is 20.8 Å². The first kappa shape index (κ1) is 29.5. The molecule has 1 aromatic heterocycles. The highest BCUT2D eigenvalue weighted by Gasteiger charge is 2.28. The van der Waals surface area contributed by atoms with Crippen LogP contribution in [0.4, 0.5) is 10.1 Å². The lowest BCUT2D eigenvalue weighted by Gasteiger charge is -2.28. The molecule has 200 valence electrons. The van der Waals surface area contributed by atoms with E-state index in [0.717, 1.165) is 0 Å². The minimum atomic E-state index is -3.86. The maximum Gasteiger partial charge on any atom is 0.273 e. The number of benzene rings is 1. The molecule has 5 N–H and O–H groups in total. The van der Waals surface area contributed by atoms with Gasteiger partial charge in [-0.2, -0.15) is 0 Å². The number of rotatable bonds is 13. The molecule has 0 aliphatic heterocycles. The largest absolute Gasteiger partial charge is 0.448 e. The van der Waals surface area contributed by atoms with Crippen molar-refractivity contribution in [3.63, 3.8) is 0 Å². The van der Waals surface area contributed by atoms with Crippen molar-refractivity contribution in [2.75, 3.05) is 11.9 Å². The molecule has 0 saturated carbocycles. The summed E-state index contributed by atoms with van der Waals surface area (Å²) in [7, 11) is -3.86. The quantitative estimate of drug-likeness (QED) is 0.315. The topological polar surface area (TPSA) is 144 Å². The average Bonchev–Trinajstić information content (AvgIpc) is 3.21. The molecule has 2 amide bonds. The Kier molecular flexibility index (Phi) is 10.6. The summed E-state index contributed by atoms with van der Waals surface area (Å²) in [5.74, 6) is -1.28. The smallest absolute Gasteiger partial charge is 0.273 e. The Labute approximate surface area is 212 Å². The van der Waals surface area contributed by atoms with Gasteiger partial charge in [-0.3, -0.25) is 9.59 Å². The average molecular weight is 525 g/mol. The van der Waals surface area contributed by atoms with Crippen molar-refractivity contribution in [1.82, 2.24) is 10.0 Å². The molecule has 0 spiro atoms. The second-order valence-corrected chi connectivity index (χ2v) is 11.1. The molecule has 36 heavy (non-hydrogen) atoms. The van der Waals surface area contributed by atoms with Gasteiger partial charge in [0.25, 0.3) is 15.9 Å². The minimum absolute atomic E-state index is 0.106. The van der Waals surface area contributed by atoms with Crippen molar-refractivity contribution in [3.05, 3.63) is 47.5 Å². The lowest BCUT2D eigenvalue weighted by molar-refractivity contribution is -0.119. The molecule has 1 heterocycles. The van der Waals surface area contributed by atoms with Gasteiger partial charge in [0.2, 0.25) is 11.0 Å². The second kappa shape index (κ2) is 13.0. The van der Waals surface area contributed by atoms with Crippen LogP contribution in [0.5, 0.6) is 0 Å². The Hall–Kier alpha value is -2.76. The van der Waals surface area contributed by atoms with E-state index < -0.39 is 39.7 Å². The summed E-state index contributed by atoms with van der Waals surface area (Å²) in [4.78, 5) is 25.7. The number of anilines is 1. The van der Waals surface area contributed by atoms with E-state index in [9.17, 15) is 22.4 Å². The highest BCUT2D eigenvalue weighted by Crippen LogP contribution is 2.21. The molecule has 0 aliphatic rings. The fourth-order valence-electron chi connectivity index (χ4n) is 3.69. The maximum absolute atomic E-state index is 13.1. The zero-order valence-corrected chi connectivity index (χ0v) is 22.2. The molecule has 0 radical (unpaired) electrons. The van der Waals surface area contributed by atoms with Crippen LogP contribution in [0.25, 0.3) is 0 Å². The first-order valence-corrected chi connectivity index (χ1v) is 13.5. The van der Waals surface area contributed by atoms with E-state index in [1.54, 1.807) is 6.92 Å². The first-order chi connectivity index (χ1) is 16.8. The van der Waals surface area contributed by atoms with Gasteiger partial charge in [0, 0.05) is 36.3 Å². The number of aryl methyl sites for hydroxylation is 1. The monoisotopic (exact) mass is 524 g/mol. The number of hydrogen-bond acceptors (Lipinski definition) is 6. The molecule has 2 rings (SSSR count). The Morgan fingerprint density at radius 1 is 1.11 bits per heavy atom. The van der Waals surface area contributed by atoms with Crippen molar-refractivity contribution in [3.8, 4) is 0 Å². The Balaban J connectivity index is 2.10. The van der Waals surface area contributed by atoms with Crippen LogP contribution in [0, 0.1) is 24.6 Å². The fourth-order valence-corrected chi connectivity index (χ4v) is 4.82. The molecule has 3 atom stereocenters. The lowest BCUT2D eigenvalue weighted by atomic mass is 9.91. The molecule has 0 bridgehead atoms. The number of hydrogen-bond donors (Lipinski definition) is 4. The van der Waals surface area contributed by atoms with Gasteiger partial charge >= 0.3 is 0 Å². The third-order valence-electron chi connectivity index (χ3n) is 5.69. The van der Waals surface area contributed by atoms with Gasteiger partial charge in [-0.25, -0.2) is 17.5 Å². The number of furan rings is 1. The molecule has 0 saturated heterocycles. The molecule has 0 aliphatic carbocycles. The predicted octanol–water partition coefficient (Wildman–Crippen LogP) is 3.55. The van der Waals surface area contributed by atoms with Crippen LogP contribution < -0.4 is 21.1 Å². The SMILES string of the molecule is CCCNS(=O)(=O)c1cc(C(=O)N[C@@H](CC(C)C)[C@@H](N)C[C@@H](C)C(=O)Nc2ccc(F)cc2)c(C)o1. The van der Waals surface area contributed by atoms with Crippen LogP contribution >= 0.6 is 0 Å². The molecule has 9 nitrogen and oxygen atoms in total. The lowest BCUT2D eigenvalue weighted by Crippen LogP contribution is -2.49. The minimum Gasteiger partial charge on any atom is -0.448 e. The van der Waals surface area contributed by atoms with E-state index >= 15 is 0 Å². The van der Waals surface area contributed by atoms with Crippen LogP contribution in [-0.2, 0) is 14.8 Å². The summed E-state index contributed by atoms with van der Waals surface area (Å²) in [6, 6.07) is 5.66. The number of carbonyl (C=O) groups excluding carboxylic acids is 2. The van der Waals surface area contributed by atoms with Crippen molar-refractivity contribution in [1.29, 1.82) is 0 Å². The molecule has 0 fully saturated rings. The van der Waals surface area contributed by atoms with Crippen LogP contribution in [0.2, 0.25) is 0 Å². The first-order valence-electron chi connectivity index (χ1n) is 12.1. The summed E-state index contributed by atoms with van der Waals surface area (Å²) < 4.78 is 45.6.